The molecule has 0 saturated heterocycles. The van der Waals surface area contributed by atoms with E-state index in [0.717, 1.165) is 0 Å². The lowest BCUT2D eigenvalue weighted by atomic mass is 9.67. The molecule has 2 aromatic carbocycles. The molecular weight excluding hydrogens is 787 g/mol. The van der Waals surface area contributed by atoms with Crippen LogP contribution in [0.3, 0.4) is 0 Å². The number of rotatable bonds is 22. The highest BCUT2D eigenvalue weighted by Gasteiger charge is 2.50. The van der Waals surface area contributed by atoms with Crippen molar-refractivity contribution in [1.29, 1.82) is 0 Å². The third-order valence-electron chi connectivity index (χ3n) is 9.58. The molecule has 1 aliphatic heterocycles. The standard InChI is InChI=1S/C45H55N5O11/c1-30(2)27-59-40(54)19-12-32-9-13-34(14-20-41(55)60-28-31(3)4)36(25-32)49-44(58)61-29-33-10-15-35(16-11-33)48-37(51)26-47-43(57)45(21-8-22-45)42(56)46-23-6-5-7-24-50-38(52)17-18-39(50)53/h9-20,25,30-31H,5-8,21-24,26-29H2,1-4H3,(H,46,56)(H,47,57)(H,48,51)(H,49,58)/b19-12+,20-14+. The highest BCUT2D eigenvalue weighted by molar-refractivity contribution is 6.13. The first kappa shape index (κ1) is 47.1. The van der Waals surface area contributed by atoms with Crippen LogP contribution in [0.15, 0.2) is 66.8 Å². The number of nitrogens with zero attached hydrogens (tertiary/aromatic N) is 1. The molecule has 16 heteroatoms. The number of benzene rings is 2. The van der Waals surface area contributed by atoms with E-state index in [9.17, 15) is 38.4 Å². The number of nitrogens with one attached hydrogen (secondary N) is 4. The molecule has 0 unspecified atom stereocenters. The monoisotopic (exact) mass is 841 g/mol. The molecule has 0 atom stereocenters. The zero-order chi connectivity index (χ0) is 44.4. The van der Waals surface area contributed by atoms with Crippen molar-refractivity contribution in [2.45, 2.75) is 72.8 Å². The van der Waals surface area contributed by atoms with Crippen LogP contribution in [0.5, 0.6) is 0 Å². The number of hydrogen-bond donors (Lipinski definition) is 4. The van der Waals surface area contributed by atoms with Crippen molar-refractivity contribution in [3.8, 4) is 0 Å². The van der Waals surface area contributed by atoms with Crippen molar-refractivity contribution < 1.29 is 52.6 Å². The summed E-state index contributed by atoms with van der Waals surface area (Å²) in [5, 5.41) is 10.8. The fourth-order valence-corrected chi connectivity index (χ4v) is 6.04. The minimum absolute atomic E-state index is 0.118. The van der Waals surface area contributed by atoms with Gasteiger partial charge in [-0.2, -0.15) is 0 Å². The van der Waals surface area contributed by atoms with Crippen LogP contribution >= 0.6 is 0 Å². The van der Waals surface area contributed by atoms with Crippen molar-refractivity contribution in [3.05, 3.63) is 83.5 Å². The molecule has 0 bridgehead atoms. The van der Waals surface area contributed by atoms with Crippen LogP contribution in [0.1, 0.15) is 82.9 Å². The van der Waals surface area contributed by atoms with Crippen LogP contribution in [-0.4, -0.2) is 85.3 Å². The molecule has 326 valence electrons. The largest absolute Gasteiger partial charge is 0.462 e. The Morgan fingerprint density at radius 3 is 1.97 bits per heavy atom. The molecule has 0 radical (unpaired) electrons. The average molecular weight is 842 g/mol. The van der Waals surface area contributed by atoms with E-state index in [4.69, 9.17) is 14.2 Å². The van der Waals surface area contributed by atoms with Gasteiger partial charge in [-0.05, 0) is 91.0 Å². The minimum Gasteiger partial charge on any atom is -0.462 e. The zero-order valence-electron chi connectivity index (χ0n) is 35.1. The highest BCUT2D eigenvalue weighted by atomic mass is 16.5. The van der Waals surface area contributed by atoms with Gasteiger partial charge in [-0.3, -0.25) is 34.2 Å². The summed E-state index contributed by atoms with van der Waals surface area (Å²) in [4.78, 5) is 101. The number of hydrogen-bond acceptors (Lipinski definition) is 11. The molecule has 0 aromatic heterocycles. The van der Waals surface area contributed by atoms with Gasteiger partial charge < -0.3 is 30.2 Å². The minimum atomic E-state index is -1.24. The summed E-state index contributed by atoms with van der Waals surface area (Å²) in [6.45, 7) is 8.40. The average Bonchev–Trinajstić information content (AvgIpc) is 3.53. The Bertz CT molecular complexity index is 2000. The van der Waals surface area contributed by atoms with E-state index in [1.165, 1.54) is 35.3 Å². The summed E-state index contributed by atoms with van der Waals surface area (Å²) < 4.78 is 15.8. The Morgan fingerprint density at radius 2 is 1.36 bits per heavy atom. The Morgan fingerprint density at radius 1 is 0.738 bits per heavy atom. The summed E-state index contributed by atoms with van der Waals surface area (Å²) in [7, 11) is 0. The maximum absolute atomic E-state index is 13.1. The number of imide groups is 1. The second-order valence-corrected chi connectivity index (χ2v) is 15.6. The first-order valence-electron chi connectivity index (χ1n) is 20.4. The maximum Gasteiger partial charge on any atom is 0.411 e. The molecule has 0 spiro atoms. The van der Waals surface area contributed by atoms with Gasteiger partial charge >= 0.3 is 18.0 Å². The first-order chi connectivity index (χ1) is 29.1. The van der Waals surface area contributed by atoms with Gasteiger partial charge in [0.25, 0.3) is 11.8 Å². The number of esters is 2. The normalized spacial score (nSPS) is 14.3. The van der Waals surface area contributed by atoms with Crippen LogP contribution < -0.4 is 21.3 Å². The van der Waals surface area contributed by atoms with Crippen LogP contribution in [0.25, 0.3) is 12.2 Å². The quantitative estimate of drug-likeness (QED) is 0.0298. The lowest BCUT2D eigenvalue weighted by Crippen LogP contribution is -2.56. The Balaban J connectivity index is 1.23. The molecule has 4 N–H and O–H groups in total. The van der Waals surface area contributed by atoms with E-state index in [1.54, 1.807) is 48.5 Å². The van der Waals surface area contributed by atoms with Gasteiger partial charge in [-0.15, -0.1) is 0 Å². The second kappa shape index (κ2) is 23.3. The van der Waals surface area contributed by atoms with E-state index in [-0.39, 0.29) is 50.0 Å². The van der Waals surface area contributed by atoms with Crippen molar-refractivity contribution in [2.24, 2.45) is 17.3 Å². The van der Waals surface area contributed by atoms with Crippen LogP contribution in [0.2, 0.25) is 0 Å². The molecule has 16 nitrogen and oxygen atoms in total. The molecular formula is C45H55N5O11. The smallest absolute Gasteiger partial charge is 0.411 e. The van der Waals surface area contributed by atoms with Gasteiger partial charge in [0.15, 0.2) is 0 Å². The molecule has 1 heterocycles. The predicted molar refractivity (Wildman–Crippen MR) is 227 cm³/mol. The van der Waals surface area contributed by atoms with Crippen molar-refractivity contribution in [3.63, 3.8) is 0 Å². The van der Waals surface area contributed by atoms with Crippen molar-refractivity contribution in [2.75, 3.05) is 43.5 Å². The molecule has 6 amide bonds. The maximum atomic E-state index is 13.1. The number of amides is 6. The topological polar surface area (TPSA) is 216 Å². The highest BCUT2D eigenvalue weighted by Crippen LogP contribution is 2.41. The van der Waals surface area contributed by atoms with Crippen molar-refractivity contribution >= 4 is 71.1 Å². The van der Waals surface area contributed by atoms with Gasteiger partial charge in [0.2, 0.25) is 17.7 Å². The number of carbonyl (C=O) groups is 8. The zero-order valence-corrected chi connectivity index (χ0v) is 35.1. The molecule has 1 aliphatic carbocycles. The van der Waals surface area contributed by atoms with Gasteiger partial charge in [0.1, 0.15) is 12.0 Å². The summed E-state index contributed by atoms with van der Waals surface area (Å²) in [5.41, 5.74) is 1.17. The van der Waals surface area contributed by atoms with Gasteiger partial charge in [-0.1, -0.05) is 58.4 Å². The molecule has 2 aliphatic rings. The van der Waals surface area contributed by atoms with E-state index in [2.05, 4.69) is 21.3 Å². The van der Waals surface area contributed by atoms with Crippen LogP contribution in [0, 0.1) is 17.3 Å². The van der Waals surface area contributed by atoms with E-state index in [1.807, 2.05) is 27.7 Å². The first-order valence-corrected chi connectivity index (χ1v) is 20.4. The summed E-state index contributed by atoms with van der Waals surface area (Å²) in [5.74, 6) is -2.78. The van der Waals surface area contributed by atoms with Crippen LogP contribution in [-0.2, 0) is 54.4 Å². The van der Waals surface area contributed by atoms with Gasteiger partial charge in [-0.25, -0.2) is 14.4 Å². The van der Waals surface area contributed by atoms with Crippen molar-refractivity contribution in [1.82, 2.24) is 15.5 Å². The number of anilines is 2. The third-order valence-corrected chi connectivity index (χ3v) is 9.58. The van der Waals surface area contributed by atoms with Crippen LogP contribution in [0.4, 0.5) is 16.2 Å². The summed E-state index contributed by atoms with van der Waals surface area (Å²) in [6.07, 6.45) is 10.6. The Hall–Kier alpha value is -6.58. The lowest BCUT2D eigenvalue weighted by Gasteiger charge is -2.38. The second-order valence-electron chi connectivity index (χ2n) is 15.6. The molecule has 2 aromatic rings. The SMILES string of the molecule is CC(C)COC(=O)/C=C/c1ccc(/C=C/C(=O)OCC(C)C)c(NC(=O)OCc2ccc(NC(=O)CNC(=O)C3(C(=O)NCCCCCN4C(=O)C=CC4=O)CCC3)cc2)c1. The molecule has 1 saturated carbocycles. The number of carbonyl (C=O) groups excluding carboxylic acids is 8. The lowest BCUT2D eigenvalue weighted by molar-refractivity contribution is -0.150. The van der Waals surface area contributed by atoms with Gasteiger partial charge in [0, 0.05) is 43.1 Å². The third kappa shape index (κ3) is 15.2. The summed E-state index contributed by atoms with van der Waals surface area (Å²) in [6, 6.07) is 11.5. The molecule has 61 heavy (non-hydrogen) atoms. The van der Waals surface area contributed by atoms with Gasteiger partial charge in [0.05, 0.1) is 25.4 Å². The fraction of sp³-hybridized carbons (Fsp3) is 0.422. The number of ether oxygens (including phenoxy) is 3. The Kier molecular flexibility index (Phi) is 18.0. The molecule has 4 rings (SSSR count). The number of unbranched alkanes of at least 4 members (excludes halogenated alkanes) is 2. The van der Waals surface area contributed by atoms with E-state index < -0.39 is 41.2 Å². The predicted octanol–water partition coefficient (Wildman–Crippen LogP) is 5.30. The van der Waals surface area contributed by atoms with E-state index >= 15 is 0 Å². The Labute approximate surface area is 355 Å². The molecule has 1 fully saturated rings. The fourth-order valence-electron chi connectivity index (χ4n) is 6.04. The van der Waals surface area contributed by atoms with E-state index in [0.29, 0.717) is 79.7 Å². The summed E-state index contributed by atoms with van der Waals surface area (Å²) >= 11 is 0.